The number of hydrogen-bond donors (Lipinski definition) is 3. The molecule has 4 N–H and O–H groups in total. The minimum atomic E-state index is -0.202. The van der Waals surface area contributed by atoms with E-state index in [1.807, 2.05) is 19.1 Å². The maximum Gasteiger partial charge on any atom is 0.220 e. The number of methoxy groups -OCH3 is 1. The van der Waals surface area contributed by atoms with E-state index in [1.54, 1.807) is 13.3 Å². The lowest BCUT2D eigenvalue weighted by molar-refractivity contribution is -0.122. The molecule has 1 unspecified atom stereocenters. The summed E-state index contributed by atoms with van der Waals surface area (Å²) in [5.74, 6) is 1.46. The van der Waals surface area contributed by atoms with Crippen molar-refractivity contribution in [1.29, 1.82) is 0 Å². The fourth-order valence-electron chi connectivity index (χ4n) is 3.22. The number of aliphatic imine (C=N–C) groups is 1. The highest BCUT2D eigenvalue weighted by atomic mass is 16.5. The zero-order valence-corrected chi connectivity index (χ0v) is 16.6. The van der Waals surface area contributed by atoms with Gasteiger partial charge in [0.25, 0.3) is 0 Å². The average molecular weight is 377 g/mol. The van der Waals surface area contributed by atoms with Crippen molar-refractivity contribution in [2.75, 3.05) is 38.3 Å². The fraction of sp³-hybridized carbons (Fsp3) is 0.632. The van der Waals surface area contributed by atoms with E-state index in [0.29, 0.717) is 13.2 Å². The molecule has 1 saturated heterocycles. The monoisotopic (exact) mass is 376 g/mol. The smallest absolute Gasteiger partial charge is 0.220 e. The molecular weight excluding hydrogens is 344 g/mol. The van der Waals surface area contributed by atoms with E-state index < -0.39 is 0 Å². The molecule has 0 bridgehead atoms. The van der Waals surface area contributed by atoms with Gasteiger partial charge in [0.15, 0.2) is 5.96 Å². The highest BCUT2D eigenvalue weighted by Gasteiger charge is 2.24. The molecular formula is C19H32N6O2. The summed E-state index contributed by atoms with van der Waals surface area (Å²) in [5.41, 5.74) is 6.50. The highest BCUT2D eigenvalue weighted by molar-refractivity contribution is 5.80. The van der Waals surface area contributed by atoms with Crippen molar-refractivity contribution in [3.05, 3.63) is 23.9 Å². The third kappa shape index (κ3) is 6.39. The van der Waals surface area contributed by atoms with Crippen LogP contribution >= 0.6 is 0 Å². The van der Waals surface area contributed by atoms with Gasteiger partial charge in [-0.2, -0.15) is 0 Å². The third-order valence-electron chi connectivity index (χ3n) is 4.62. The van der Waals surface area contributed by atoms with Gasteiger partial charge in [-0.1, -0.05) is 6.07 Å². The summed E-state index contributed by atoms with van der Waals surface area (Å²) in [5, 5.41) is 6.59. The van der Waals surface area contributed by atoms with Crippen LogP contribution < -0.4 is 21.3 Å². The zero-order chi connectivity index (χ0) is 19.6. The molecule has 1 atom stereocenters. The summed E-state index contributed by atoms with van der Waals surface area (Å²) < 4.78 is 5.17. The molecule has 1 aliphatic heterocycles. The number of carbonyl (C=O) groups excluding carboxylic acids is 1. The summed E-state index contributed by atoms with van der Waals surface area (Å²) in [6, 6.07) is 4.14. The second kappa shape index (κ2) is 10.7. The highest BCUT2D eigenvalue weighted by Crippen LogP contribution is 2.24. The minimum Gasteiger partial charge on any atom is -0.383 e. The predicted molar refractivity (Wildman–Crippen MR) is 108 cm³/mol. The number of nitrogens with zero attached hydrogens (tertiary/aromatic N) is 3. The Morgan fingerprint density at radius 1 is 1.48 bits per heavy atom. The normalized spacial score (nSPS) is 16.9. The minimum absolute atomic E-state index is 0.0294. The topological polar surface area (TPSA) is 105 Å². The molecule has 1 aliphatic rings. The van der Waals surface area contributed by atoms with E-state index in [4.69, 9.17) is 15.5 Å². The molecule has 1 fully saturated rings. The van der Waals surface area contributed by atoms with Gasteiger partial charge in [-0.25, -0.2) is 9.98 Å². The van der Waals surface area contributed by atoms with Crippen LogP contribution in [0.15, 0.2) is 23.3 Å². The SMILES string of the molecule is CCNC(=NCc1cccnc1N1CCC(C(N)=O)CC1)NC(C)COC. The van der Waals surface area contributed by atoms with Gasteiger partial charge in [0, 0.05) is 50.5 Å². The number of ether oxygens (including phenoxy) is 1. The molecule has 8 nitrogen and oxygen atoms in total. The molecule has 0 radical (unpaired) electrons. The van der Waals surface area contributed by atoms with Crippen molar-refractivity contribution in [3.8, 4) is 0 Å². The Morgan fingerprint density at radius 2 is 2.22 bits per heavy atom. The summed E-state index contributed by atoms with van der Waals surface area (Å²) in [4.78, 5) is 22.9. The van der Waals surface area contributed by atoms with E-state index in [1.165, 1.54) is 0 Å². The standard InChI is InChI=1S/C19H32N6O2/c1-4-21-19(24-14(2)13-27-3)23-12-16-6-5-9-22-18(16)25-10-7-15(8-11-25)17(20)26/h5-6,9,14-15H,4,7-8,10-13H2,1-3H3,(H2,20,26)(H2,21,23,24). The molecule has 8 heteroatoms. The van der Waals surface area contributed by atoms with E-state index >= 15 is 0 Å². The Hall–Kier alpha value is -2.35. The third-order valence-corrected chi connectivity index (χ3v) is 4.62. The van der Waals surface area contributed by atoms with Crippen LogP contribution in [0.5, 0.6) is 0 Å². The van der Waals surface area contributed by atoms with Crippen molar-refractivity contribution in [2.24, 2.45) is 16.6 Å². The number of anilines is 1. The second-order valence-corrected chi connectivity index (χ2v) is 6.85. The number of piperidine rings is 1. The molecule has 150 valence electrons. The molecule has 2 heterocycles. The van der Waals surface area contributed by atoms with Crippen molar-refractivity contribution < 1.29 is 9.53 Å². The Kier molecular flexibility index (Phi) is 8.32. The zero-order valence-electron chi connectivity index (χ0n) is 16.6. The maximum absolute atomic E-state index is 11.4. The first-order valence-corrected chi connectivity index (χ1v) is 9.57. The summed E-state index contributed by atoms with van der Waals surface area (Å²) >= 11 is 0. The maximum atomic E-state index is 11.4. The van der Waals surface area contributed by atoms with Gasteiger partial charge in [0.1, 0.15) is 5.82 Å². The Labute approximate surface area is 161 Å². The van der Waals surface area contributed by atoms with Crippen LogP contribution in [0.4, 0.5) is 5.82 Å². The van der Waals surface area contributed by atoms with Gasteiger partial charge in [-0.3, -0.25) is 4.79 Å². The lowest BCUT2D eigenvalue weighted by atomic mass is 9.96. The molecule has 2 rings (SSSR count). The first-order chi connectivity index (χ1) is 13.0. The van der Waals surface area contributed by atoms with Crippen LogP contribution in [-0.4, -0.2) is 56.2 Å². The van der Waals surface area contributed by atoms with Gasteiger partial charge in [-0.15, -0.1) is 0 Å². The quantitative estimate of drug-likeness (QED) is 0.459. The predicted octanol–water partition coefficient (Wildman–Crippen LogP) is 0.873. The van der Waals surface area contributed by atoms with E-state index in [2.05, 4.69) is 27.4 Å². The van der Waals surface area contributed by atoms with Gasteiger partial charge in [-0.05, 0) is 32.8 Å². The fourth-order valence-corrected chi connectivity index (χ4v) is 3.22. The van der Waals surface area contributed by atoms with Crippen LogP contribution in [0, 0.1) is 5.92 Å². The largest absolute Gasteiger partial charge is 0.383 e. The molecule has 1 aromatic rings. The summed E-state index contributed by atoms with van der Waals surface area (Å²) in [6.45, 7) is 7.57. The first kappa shape index (κ1) is 21.0. The van der Waals surface area contributed by atoms with Crippen molar-refractivity contribution in [3.63, 3.8) is 0 Å². The average Bonchev–Trinajstić information content (AvgIpc) is 2.67. The number of carbonyl (C=O) groups is 1. The number of nitrogens with one attached hydrogen (secondary N) is 2. The Balaban J connectivity index is 2.06. The molecule has 0 aliphatic carbocycles. The number of aromatic nitrogens is 1. The number of rotatable bonds is 8. The molecule has 1 amide bonds. The summed E-state index contributed by atoms with van der Waals surface area (Å²) in [6.07, 6.45) is 3.34. The van der Waals surface area contributed by atoms with E-state index in [0.717, 1.165) is 49.8 Å². The lowest BCUT2D eigenvalue weighted by Crippen LogP contribution is -2.44. The van der Waals surface area contributed by atoms with Gasteiger partial charge >= 0.3 is 0 Å². The summed E-state index contributed by atoms with van der Waals surface area (Å²) in [7, 11) is 1.69. The van der Waals surface area contributed by atoms with Crippen LogP contribution in [0.2, 0.25) is 0 Å². The van der Waals surface area contributed by atoms with Crippen LogP contribution in [-0.2, 0) is 16.1 Å². The molecule has 1 aromatic heterocycles. The number of primary amides is 1. The Bertz CT molecular complexity index is 628. The van der Waals surface area contributed by atoms with Crippen LogP contribution in [0.3, 0.4) is 0 Å². The van der Waals surface area contributed by atoms with Gasteiger partial charge < -0.3 is 26.0 Å². The van der Waals surface area contributed by atoms with Crippen LogP contribution in [0.1, 0.15) is 32.3 Å². The second-order valence-electron chi connectivity index (χ2n) is 6.85. The number of guanidine groups is 1. The van der Waals surface area contributed by atoms with Crippen LogP contribution in [0.25, 0.3) is 0 Å². The Morgan fingerprint density at radius 3 is 2.85 bits per heavy atom. The molecule has 0 spiro atoms. The molecule has 0 aromatic carbocycles. The molecule has 0 saturated carbocycles. The molecule has 27 heavy (non-hydrogen) atoms. The van der Waals surface area contributed by atoms with Crippen molar-refractivity contribution in [2.45, 2.75) is 39.3 Å². The van der Waals surface area contributed by atoms with Gasteiger partial charge in [0.05, 0.1) is 13.2 Å². The number of amides is 1. The van der Waals surface area contributed by atoms with Gasteiger partial charge in [0.2, 0.25) is 5.91 Å². The number of pyridine rings is 1. The lowest BCUT2D eigenvalue weighted by Gasteiger charge is -2.32. The van der Waals surface area contributed by atoms with E-state index in [9.17, 15) is 4.79 Å². The first-order valence-electron chi connectivity index (χ1n) is 9.57. The van der Waals surface area contributed by atoms with Crippen molar-refractivity contribution >= 4 is 17.7 Å². The van der Waals surface area contributed by atoms with Crippen molar-refractivity contribution in [1.82, 2.24) is 15.6 Å². The van der Waals surface area contributed by atoms with E-state index in [-0.39, 0.29) is 17.9 Å². The number of nitrogens with two attached hydrogens (primary N) is 1. The number of hydrogen-bond acceptors (Lipinski definition) is 5.